The Labute approximate surface area is 71.4 Å². The SMILES string of the molecule is N=[N+]=NC1CN(C(=O)[O-])CC1(F)F. The molecule has 1 saturated heterocycles. The lowest BCUT2D eigenvalue weighted by Crippen LogP contribution is -2.40. The van der Waals surface area contributed by atoms with Crippen LogP contribution in [0.25, 0.3) is 0 Å². The van der Waals surface area contributed by atoms with Crippen molar-refractivity contribution in [3.05, 3.63) is 0 Å². The number of carboxylic acid groups (broad SMARTS) is 1. The minimum Gasteiger partial charge on any atom is -0.530 e. The van der Waals surface area contributed by atoms with Crippen LogP contribution < -0.4 is 10.0 Å². The van der Waals surface area contributed by atoms with Gasteiger partial charge in [0.2, 0.25) is 11.0 Å². The van der Waals surface area contributed by atoms with Crippen LogP contribution in [0.3, 0.4) is 0 Å². The molecular weight excluding hydrogens is 186 g/mol. The average Bonchev–Trinajstić information content (AvgIpc) is 2.28. The van der Waals surface area contributed by atoms with Gasteiger partial charge in [-0.2, -0.15) is 0 Å². The fraction of sp³-hybridized carbons (Fsp3) is 0.800. The predicted molar refractivity (Wildman–Crippen MR) is 33.0 cm³/mol. The summed E-state index contributed by atoms with van der Waals surface area (Å²) in [7, 11) is 0. The lowest BCUT2D eigenvalue weighted by Gasteiger charge is -2.16. The molecule has 1 N–H and O–H groups in total. The van der Waals surface area contributed by atoms with Gasteiger partial charge in [0.15, 0.2) is 0 Å². The number of amides is 1. The van der Waals surface area contributed by atoms with Crippen LogP contribution in [0.2, 0.25) is 0 Å². The second-order valence-electron chi connectivity index (χ2n) is 2.64. The molecule has 1 rings (SSSR count). The van der Waals surface area contributed by atoms with Gasteiger partial charge >= 0.3 is 0 Å². The van der Waals surface area contributed by atoms with Crippen molar-refractivity contribution in [1.82, 2.24) is 9.81 Å². The van der Waals surface area contributed by atoms with Crippen LogP contribution in [0.15, 0.2) is 5.11 Å². The number of nitrogens with one attached hydrogen (secondary N) is 1. The van der Waals surface area contributed by atoms with Crippen LogP contribution >= 0.6 is 0 Å². The van der Waals surface area contributed by atoms with Crippen molar-refractivity contribution in [3.8, 4) is 0 Å². The molecule has 13 heavy (non-hydrogen) atoms. The fourth-order valence-corrected chi connectivity index (χ4v) is 1.10. The lowest BCUT2D eigenvalue weighted by molar-refractivity contribution is -0.265. The second kappa shape index (κ2) is 3.06. The molecule has 0 radical (unpaired) electrons. The maximum atomic E-state index is 12.8. The molecule has 1 aliphatic rings. The Kier molecular flexibility index (Phi) is 2.24. The third kappa shape index (κ3) is 1.78. The zero-order valence-electron chi connectivity index (χ0n) is 6.41. The minimum absolute atomic E-state index is 0.444. The van der Waals surface area contributed by atoms with Crippen LogP contribution in [0.4, 0.5) is 13.6 Å². The zero-order chi connectivity index (χ0) is 10.1. The number of halogens is 2. The standard InChI is InChI=1S/C5H6F2N4O2/c6-5(7)2-11(4(12)13)1-3(5)9-10-8/h3,8H,1-2H2. The number of nitrogens with zero attached hydrogens (tertiary/aromatic N) is 3. The molecule has 0 aliphatic carbocycles. The largest absolute Gasteiger partial charge is 0.530 e. The Balaban J connectivity index is 2.79. The highest BCUT2D eigenvalue weighted by atomic mass is 19.3. The van der Waals surface area contributed by atoms with Gasteiger partial charge in [0.1, 0.15) is 16.7 Å². The molecule has 1 amide bonds. The maximum absolute atomic E-state index is 12.8. The first-order chi connectivity index (χ1) is 5.97. The highest BCUT2D eigenvalue weighted by Crippen LogP contribution is 2.29. The van der Waals surface area contributed by atoms with E-state index < -0.39 is 31.1 Å². The average molecular weight is 192 g/mol. The Morgan fingerprint density at radius 2 is 2.38 bits per heavy atom. The summed E-state index contributed by atoms with van der Waals surface area (Å²) in [6.07, 6.45) is -1.66. The molecule has 1 unspecified atom stereocenters. The quantitative estimate of drug-likeness (QED) is 0.435. The summed E-state index contributed by atoms with van der Waals surface area (Å²) in [6.45, 7) is -1.42. The van der Waals surface area contributed by atoms with Crippen LogP contribution in [0.5, 0.6) is 0 Å². The van der Waals surface area contributed by atoms with Crippen molar-refractivity contribution in [2.45, 2.75) is 12.0 Å². The van der Waals surface area contributed by atoms with Gasteiger partial charge in [-0.15, -0.1) is 0 Å². The smallest absolute Gasteiger partial charge is 0.296 e. The summed E-state index contributed by atoms with van der Waals surface area (Å²) in [4.78, 5) is 13.1. The Morgan fingerprint density at radius 3 is 2.77 bits per heavy atom. The molecule has 0 saturated carbocycles. The summed E-state index contributed by atoms with van der Waals surface area (Å²) in [5, 5.41) is 13.1. The number of carbonyl (C=O) groups excluding carboxylic acids is 1. The minimum atomic E-state index is -3.26. The third-order valence-electron chi connectivity index (χ3n) is 1.74. The van der Waals surface area contributed by atoms with E-state index in [0.29, 0.717) is 4.90 Å². The fourth-order valence-electron chi connectivity index (χ4n) is 1.10. The monoisotopic (exact) mass is 192 g/mol. The molecule has 0 aromatic carbocycles. The van der Waals surface area contributed by atoms with Crippen molar-refractivity contribution in [2.75, 3.05) is 13.1 Å². The molecule has 6 nitrogen and oxygen atoms in total. The summed E-state index contributed by atoms with van der Waals surface area (Å²) in [5.74, 6) is -3.26. The molecule has 1 atom stereocenters. The van der Waals surface area contributed by atoms with E-state index in [1.807, 2.05) is 0 Å². The van der Waals surface area contributed by atoms with E-state index in [0.717, 1.165) is 0 Å². The molecule has 1 heterocycles. The van der Waals surface area contributed by atoms with E-state index in [1.165, 1.54) is 0 Å². The first-order valence-electron chi connectivity index (χ1n) is 3.37. The number of carbonyl (C=O) groups is 1. The van der Waals surface area contributed by atoms with Crippen molar-refractivity contribution in [3.63, 3.8) is 0 Å². The van der Waals surface area contributed by atoms with Crippen molar-refractivity contribution in [1.29, 1.82) is 5.53 Å². The lowest BCUT2D eigenvalue weighted by atomic mass is 10.2. The van der Waals surface area contributed by atoms with E-state index >= 15 is 0 Å². The van der Waals surface area contributed by atoms with Crippen LogP contribution in [-0.2, 0) is 0 Å². The summed E-state index contributed by atoms with van der Waals surface area (Å²) < 4.78 is 25.7. The van der Waals surface area contributed by atoms with Crippen LogP contribution in [0.1, 0.15) is 0 Å². The van der Waals surface area contributed by atoms with Gasteiger partial charge in [0.05, 0.1) is 13.1 Å². The van der Waals surface area contributed by atoms with Gasteiger partial charge in [0.25, 0.3) is 5.92 Å². The molecule has 0 aromatic rings. The van der Waals surface area contributed by atoms with Gasteiger partial charge in [-0.1, -0.05) is 0 Å². The summed E-state index contributed by atoms with van der Waals surface area (Å²) >= 11 is 0. The molecular formula is C5H6F2N4O2. The molecule has 72 valence electrons. The van der Waals surface area contributed by atoms with E-state index in [2.05, 4.69) is 10.0 Å². The van der Waals surface area contributed by atoms with Crippen LogP contribution in [0, 0.1) is 5.53 Å². The third-order valence-corrected chi connectivity index (χ3v) is 1.74. The number of hydrogen-bond donors (Lipinski definition) is 1. The van der Waals surface area contributed by atoms with Gasteiger partial charge in [-0.05, 0) is 0 Å². The highest BCUT2D eigenvalue weighted by Gasteiger charge is 2.51. The number of alkyl halides is 2. The molecule has 1 fully saturated rings. The van der Waals surface area contributed by atoms with Crippen molar-refractivity contribution < 1.29 is 18.7 Å². The van der Waals surface area contributed by atoms with E-state index in [-0.39, 0.29) is 0 Å². The van der Waals surface area contributed by atoms with E-state index in [9.17, 15) is 18.7 Å². The highest BCUT2D eigenvalue weighted by molar-refractivity contribution is 5.63. The van der Waals surface area contributed by atoms with E-state index in [1.54, 1.807) is 0 Å². The first-order valence-corrected chi connectivity index (χ1v) is 3.37. The zero-order valence-corrected chi connectivity index (χ0v) is 6.41. The summed E-state index contributed by atoms with van der Waals surface area (Å²) in [5.41, 5.74) is 6.26. The molecule has 8 heteroatoms. The normalized spacial score (nSPS) is 25.4. The number of likely N-dealkylation sites (tertiary alicyclic amines) is 1. The summed E-state index contributed by atoms with van der Waals surface area (Å²) in [6, 6.07) is -1.57. The van der Waals surface area contributed by atoms with E-state index in [4.69, 9.17) is 5.53 Å². The van der Waals surface area contributed by atoms with Gasteiger partial charge in [-0.3, -0.25) is 0 Å². The Morgan fingerprint density at radius 1 is 1.77 bits per heavy atom. The van der Waals surface area contributed by atoms with Crippen molar-refractivity contribution in [2.24, 2.45) is 5.11 Å². The topological polar surface area (TPSA) is 93.7 Å². The predicted octanol–water partition coefficient (Wildman–Crippen LogP) is -0.800. The molecule has 1 aliphatic heterocycles. The number of rotatable bonds is 1. The van der Waals surface area contributed by atoms with Gasteiger partial charge < -0.3 is 14.8 Å². The van der Waals surface area contributed by atoms with Crippen molar-refractivity contribution >= 4 is 6.09 Å². The molecule has 0 aromatic heterocycles. The molecule has 0 spiro atoms. The van der Waals surface area contributed by atoms with Gasteiger partial charge in [-0.25, -0.2) is 8.78 Å². The molecule has 0 bridgehead atoms. The van der Waals surface area contributed by atoms with Crippen LogP contribution in [-0.4, -0.2) is 36.0 Å². The maximum Gasteiger partial charge on any atom is 0.296 e. The first kappa shape index (κ1) is 9.53. The Bertz CT molecular complexity index is 276. The second-order valence-corrected chi connectivity index (χ2v) is 2.64. The number of hydrogen-bond acceptors (Lipinski definition) is 4. The Hall–Kier alpha value is -1.56. The van der Waals surface area contributed by atoms with Gasteiger partial charge in [0, 0.05) is 0 Å².